The van der Waals surface area contributed by atoms with Gasteiger partial charge in [-0.1, -0.05) is 12.1 Å². The number of rotatable bonds is 7. The highest BCUT2D eigenvalue weighted by Gasteiger charge is 2.13. The monoisotopic (exact) mass is 441 g/mol. The van der Waals surface area contributed by atoms with Gasteiger partial charge in [0.05, 0.1) is 17.9 Å². The van der Waals surface area contributed by atoms with E-state index >= 15 is 0 Å². The number of nitrogens with zero attached hydrogens (tertiary/aromatic N) is 2. The van der Waals surface area contributed by atoms with Crippen molar-refractivity contribution in [2.24, 2.45) is 0 Å². The van der Waals surface area contributed by atoms with Crippen LogP contribution in [0.3, 0.4) is 0 Å². The lowest BCUT2D eigenvalue weighted by atomic mass is 10.1. The molecule has 0 atom stereocenters. The Kier molecular flexibility index (Phi) is 5.51. The normalized spacial score (nSPS) is 11.5. The molecule has 0 unspecified atom stereocenters. The smallest absolute Gasteiger partial charge is 0.232 e. The van der Waals surface area contributed by atoms with Crippen LogP contribution in [0.4, 0.5) is 10.8 Å². The second kappa shape index (κ2) is 8.25. The number of amides is 1. The lowest BCUT2D eigenvalue weighted by molar-refractivity contribution is -0.115. The van der Waals surface area contributed by atoms with Gasteiger partial charge in [0, 0.05) is 34.4 Å². The first-order valence-electron chi connectivity index (χ1n) is 9.21. The molecule has 4 rings (SSSR count). The van der Waals surface area contributed by atoms with Crippen LogP contribution in [-0.4, -0.2) is 35.0 Å². The van der Waals surface area contributed by atoms with Crippen LogP contribution in [0.2, 0.25) is 0 Å². The predicted molar refractivity (Wildman–Crippen MR) is 119 cm³/mol. The molecule has 10 heteroatoms. The summed E-state index contributed by atoms with van der Waals surface area (Å²) in [6.45, 7) is 1.56. The van der Waals surface area contributed by atoms with Crippen molar-refractivity contribution >= 4 is 49.1 Å². The molecule has 1 aromatic carbocycles. The number of aromatic nitrogens is 3. The number of pyridine rings is 1. The number of nitrogens with one attached hydrogen (secondary N) is 3. The highest BCUT2D eigenvalue weighted by molar-refractivity contribution is 7.92. The van der Waals surface area contributed by atoms with Crippen LogP contribution in [0.25, 0.3) is 22.3 Å². The minimum Gasteiger partial charge on any atom is -0.345 e. The number of carbonyl (C=O) groups excluding carboxylic acids is 1. The second-order valence-corrected chi connectivity index (χ2v) is 9.44. The number of hydrogen-bond acceptors (Lipinski definition) is 6. The number of sulfonamides is 1. The molecule has 3 heterocycles. The fourth-order valence-electron chi connectivity index (χ4n) is 2.97. The Morgan fingerprint density at radius 3 is 2.93 bits per heavy atom. The van der Waals surface area contributed by atoms with Gasteiger partial charge < -0.3 is 10.3 Å². The number of H-pyrrole nitrogens is 1. The number of thiazole rings is 1. The molecule has 0 aliphatic rings. The summed E-state index contributed by atoms with van der Waals surface area (Å²) in [5.41, 5.74) is 3.59. The van der Waals surface area contributed by atoms with Gasteiger partial charge in [-0.3, -0.25) is 9.52 Å². The molecule has 0 saturated carbocycles. The first-order chi connectivity index (χ1) is 14.4. The van der Waals surface area contributed by atoms with Crippen molar-refractivity contribution < 1.29 is 13.2 Å². The van der Waals surface area contributed by atoms with Crippen molar-refractivity contribution in [2.75, 3.05) is 15.8 Å². The summed E-state index contributed by atoms with van der Waals surface area (Å²) in [4.78, 5) is 24.3. The van der Waals surface area contributed by atoms with Crippen molar-refractivity contribution in [1.29, 1.82) is 0 Å². The number of benzene rings is 1. The van der Waals surface area contributed by atoms with Crippen molar-refractivity contribution in [2.45, 2.75) is 13.3 Å². The first kappa shape index (κ1) is 20.0. The third kappa shape index (κ3) is 4.50. The van der Waals surface area contributed by atoms with E-state index in [9.17, 15) is 13.2 Å². The third-order valence-corrected chi connectivity index (χ3v) is 6.49. The standard InChI is InChI=1S/C20H19N5O3S2/c1-2-30(27,28)25-14-6-3-5-13(9-14)10-18(26)24-20-23-17(12-29-20)16-11-22-19-15(16)7-4-8-21-19/h3-9,11-12,25H,2,10H2,1H3,(H,21,22)(H,23,24,26). The van der Waals surface area contributed by atoms with Crippen LogP contribution < -0.4 is 10.0 Å². The molecule has 0 aliphatic heterocycles. The van der Waals surface area contributed by atoms with E-state index in [2.05, 4.69) is 25.0 Å². The number of fused-ring (bicyclic) bond motifs is 1. The lowest BCUT2D eigenvalue weighted by Crippen LogP contribution is -2.16. The van der Waals surface area contributed by atoms with E-state index in [1.54, 1.807) is 37.4 Å². The Morgan fingerprint density at radius 1 is 1.23 bits per heavy atom. The zero-order chi connectivity index (χ0) is 21.1. The topological polar surface area (TPSA) is 117 Å². The van der Waals surface area contributed by atoms with E-state index in [4.69, 9.17) is 0 Å². The maximum Gasteiger partial charge on any atom is 0.232 e. The van der Waals surface area contributed by atoms with Crippen LogP contribution in [0.1, 0.15) is 12.5 Å². The quantitative estimate of drug-likeness (QED) is 0.405. The molecular formula is C20H19N5O3S2. The van der Waals surface area contributed by atoms with Crippen LogP contribution in [0, 0.1) is 0 Å². The second-order valence-electron chi connectivity index (χ2n) is 6.57. The average molecular weight is 442 g/mol. The number of hydrogen-bond donors (Lipinski definition) is 3. The summed E-state index contributed by atoms with van der Waals surface area (Å²) in [5.74, 6) is -0.247. The van der Waals surface area contributed by atoms with Gasteiger partial charge in [0.15, 0.2) is 5.13 Å². The van der Waals surface area contributed by atoms with Gasteiger partial charge in [0.25, 0.3) is 0 Å². The van der Waals surface area contributed by atoms with Crippen LogP contribution in [-0.2, 0) is 21.2 Å². The molecule has 3 N–H and O–H groups in total. The van der Waals surface area contributed by atoms with Crippen LogP contribution in [0.5, 0.6) is 0 Å². The molecular weight excluding hydrogens is 422 g/mol. The molecule has 8 nitrogen and oxygen atoms in total. The molecule has 3 aromatic heterocycles. The number of carbonyl (C=O) groups is 1. The molecule has 0 bridgehead atoms. The van der Waals surface area contributed by atoms with E-state index in [1.807, 2.05) is 23.7 Å². The Labute approximate surface area is 177 Å². The van der Waals surface area contributed by atoms with Crippen LogP contribution in [0.15, 0.2) is 54.2 Å². The Hall–Kier alpha value is -3.24. The van der Waals surface area contributed by atoms with Gasteiger partial charge in [-0.2, -0.15) is 0 Å². The number of anilines is 2. The molecule has 0 saturated heterocycles. The summed E-state index contributed by atoms with van der Waals surface area (Å²) in [6, 6.07) is 10.6. The van der Waals surface area contributed by atoms with Gasteiger partial charge in [-0.05, 0) is 36.8 Å². The van der Waals surface area contributed by atoms with E-state index in [0.717, 1.165) is 22.3 Å². The zero-order valence-electron chi connectivity index (χ0n) is 16.0. The van der Waals surface area contributed by atoms with Gasteiger partial charge in [-0.25, -0.2) is 18.4 Å². The molecule has 4 aromatic rings. The van der Waals surface area contributed by atoms with E-state index in [-0.39, 0.29) is 18.1 Å². The highest BCUT2D eigenvalue weighted by Crippen LogP contribution is 2.30. The third-order valence-electron chi connectivity index (χ3n) is 4.42. The summed E-state index contributed by atoms with van der Waals surface area (Å²) >= 11 is 1.34. The minimum absolute atomic E-state index is 0.0173. The summed E-state index contributed by atoms with van der Waals surface area (Å²) in [6.07, 6.45) is 3.67. The fraction of sp³-hybridized carbons (Fsp3) is 0.150. The van der Waals surface area contributed by atoms with Gasteiger partial charge in [-0.15, -0.1) is 11.3 Å². The number of aromatic amines is 1. The first-order valence-corrected chi connectivity index (χ1v) is 11.7. The summed E-state index contributed by atoms with van der Waals surface area (Å²) in [5, 5.41) is 6.15. The zero-order valence-corrected chi connectivity index (χ0v) is 17.7. The Morgan fingerprint density at radius 2 is 2.10 bits per heavy atom. The largest absolute Gasteiger partial charge is 0.345 e. The molecule has 0 fully saturated rings. The van der Waals surface area contributed by atoms with E-state index in [0.29, 0.717) is 16.4 Å². The van der Waals surface area contributed by atoms with Crippen molar-refractivity contribution in [3.8, 4) is 11.3 Å². The van der Waals surface area contributed by atoms with Gasteiger partial charge in [0.2, 0.25) is 15.9 Å². The molecule has 0 spiro atoms. The predicted octanol–water partition coefficient (Wildman–Crippen LogP) is 3.63. The summed E-state index contributed by atoms with van der Waals surface area (Å²) < 4.78 is 25.9. The lowest BCUT2D eigenvalue weighted by Gasteiger charge is -2.08. The summed E-state index contributed by atoms with van der Waals surface area (Å²) in [7, 11) is -3.37. The highest BCUT2D eigenvalue weighted by atomic mass is 32.2. The molecule has 30 heavy (non-hydrogen) atoms. The van der Waals surface area contributed by atoms with Gasteiger partial charge in [0.1, 0.15) is 5.65 Å². The van der Waals surface area contributed by atoms with Gasteiger partial charge >= 0.3 is 0 Å². The van der Waals surface area contributed by atoms with Crippen molar-refractivity contribution in [3.05, 3.63) is 59.7 Å². The minimum atomic E-state index is -3.37. The Bertz CT molecular complexity index is 1310. The van der Waals surface area contributed by atoms with E-state index in [1.165, 1.54) is 11.3 Å². The SMILES string of the molecule is CCS(=O)(=O)Nc1cccc(CC(=O)Nc2nc(-c3c[nH]c4ncccc34)cs2)c1. The van der Waals surface area contributed by atoms with Crippen molar-refractivity contribution in [3.63, 3.8) is 0 Å². The molecule has 0 radical (unpaired) electrons. The molecule has 1 amide bonds. The fourth-order valence-corrected chi connectivity index (χ4v) is 4.33. The Balaban J connectivity index is 1.44. The van der Waals surface area contributed by atoms with E-state index < -0.39 is 10.0 Å². The maximum atomic E-state index is 12.4. The van der Waals surface area contributed by atoms with Crippen molar-refractivity contribution in [1.82, 2.24) is 15.0 Å². The molecule has 154 valence electrons. The maximum absolute atomic E-state index is 12.4. The average Bonchev–Trinajstić information content (AvgIpc) is 3.34. The van der Waals surface area contributed by atoms with Crippen LogP contribution >= 0.6 is 11.3 Å². The molecule has 0 aliphatic carbocycles.